The fourth-order valence-corrected chi connectivity index (χ4v) is 4.51. The van der Waals surface area contributed by atoms with Gasteiger partial charge in [0.05, 0.1) is 18.4 Å². The molecule has 0 amide bonds. The molecule has 4 unspecified atom stereocenters. The van der Waals surface area contributed by atoms with Gasteiger partial charge in [-0.3, -0.25) is 0 Å². The van der Waals surface area contributed by atoms with Crippen LogP contribution >= 0.6 is 0 Å². The average molecular weight is 349 g/mol. The number of imidazole rings is 1. The van der Waals surface area contributed by atoms with E-state index < -0.39 is 6.17 Å². The van der Waals surface area contributed by atoms with E-state index in [1.165, 1.54) is 24.1 Å². The van der Waals surface area contributed by atoms with E-state index >= 15 is 0 Å². The Bertz CT molecular complexity index is 849. The predicted molar refractivity (Wildman–Crippen MR) is 100 cm³/mol. The van der Waals surface area contributed by atoms with Crippen molar-refractivity contribution in [2.75, 3.05) is 0 Å². The molecule has 134 valence electrons. The molecule has 4 rings (SSSR count). The summed E-state index contributed by atoms with van der Waals surface area (Å²) in [6.07, 6.45) is 17.3. The largest absolute Gasteiger partial charge is 0.327 e. The molecule has 0 bridgehead atoms. The Kier molecular flexibility index (Phi) is 4.63. The Morgan fingerprint density at radius 3 is 2.96 bits per heavy atom. The summed E-state index contributed by atoms with van der Waals surface area (Å²) >= 11 is 0. The normalized spacial score (nSPS) is 31.2. The number of nitriles is 1. The summed E-state index contributed by atoms with van der Waals surface area (Å²) in [5.74, 6) is 0.656. The Morgan fingerprint density at radius 1 is 1.31 bits per heavy atom. The zero-order valence-electron chi connectivity index (χ0n) is 15.1. The standard InChI is InChI=1S/C22H24FN3/c1-15-3-2-4-21(26-14-25-13-22(15)26)19-10-5-16(12-24)11-20(19)17-6-8-18(23)9-7-17/h5-8,10,13-15,18,20-21H,2-4,9,11H2,1H3. The van der Waals surface area contributed by atoms with Crippen molar-refractivity contribution < 1.29 is 4.39 Å². The first-order valence-corrected chi connectivity index (χ1v) is 9.52. The molecule has 0 saturated heterocycles. The topological polar surface area (TPSA) is 41.6 Å². The van der Waals surface area contributed by atoms with E-state index in [2.05, 4.69) is 28.6 Å². The Balaban J connectivity index is 1.74. The second-order valence-corrected chi connectivity index (χ2v) is 7.62. The second kappa shape index (κ2) is 7.07. The van der Waals surface area contributed by atoms with Crippen molar-refractivity contribution in [1.82, 2.24) is 9.55 Å². The summed E-state index contributed by atoms with van der Waals surface area (Å²) in [4.78, 5) is 4.41. The van der Waals surface area contributed by atoms with E-state index in [4.69, 9.17) is 0 Å². The Hall–Kier alpha value is -2.41. The van der Waals surface area contributed by atoms with E-state index in [-0.39, 0.29) is 12.0 Å². The summed E-state index contributed by atoms with van der Waals surface area (Å²) in [5.41, 5.74) is 4.55. The zero-order valence-corrected chi connectivity index (χ0v) is 15.1. The molecule has 0 aromatic carbocycles. The minimum Gasteiger partial charge on any atom is -0.327 e. The lowest BCUT2D eigenvalue weighted by molar-refractivity contribution is 0.397. The van der Waals surface area contributed by atoms with Crippen LogP contribution in [0.25, 0.3) is 0 Å². The number of rotatable bonds is 2. The van der Waals surface area contributed by atoms with Gasteiger partial charge in [-0.05, 0) is 42.4 Å². The number of hydrogen-bond donors (Lipinski definition) is 0. The third-order valence-electron chi connectivity index (χ3n) is 5.96. The van der Waals surface area contributed by atoms with Crippen LogP contribution in [0.3, 0.4) is 0 Å². The second-order valence-electron chi connectivity index (χ2n) is 7.62. The third-order valence-corrected chi connectivity index (χ3v) is 5.96. The summed E-state index contributed by atoms with van der Waals surface area (Å²) in [5, 5.41) is 9.39. The molecule has 3 nitrogen and oxygen atoms in total. The SMILES string of the molecule is CC1CCCC(C2=CC=C(C#N)CC2C2=CCC(F)C=C2)n2cncc21. The predicted octanol–water partition coefficient (Wildman–Crippen LogP) is 5.33. The van der Waals surface area contributed by atoms with Crippen LogP contribution in [-0.4, -0.2) is 15.7 Å². The average Bonchev–Trinajstić information content (AvgIpc) is 3.09. The molecular weight excluding hydrogens is 325 g/mol. The molecule has 26 heavy (non-hydrogen) atoms. The fraction of sp³-hybridized carbons (Fsp3) is 0.455. The van der Waals surface area contributed by atoms with E-state index in [9.17, 15) is 9.65 Å². The summed E-state index contributed by atoms with van der Waals surface area (Å²) in [6, 6.07) is 2.57. The lowest BCUT2D eigenvalue weighted by Gasteiger charge is -2.32. The van der Waals surface area contributed by atoms with Crippen LogP contribution in [0.2, 0.25) is 0 Å². The van der Waals surface area contributed by atoms with Gasteiger partial charge in [-0.1, -0.05) is 37.6 Å². The highest BCUT2D eigenvalue weighted by molar-refractivity contribution is 5.44. The van der Waals surface area contributed by atoms with Gasteiger partial charge in [0, 0.05) is 29.8 Å². The van der Waals surface area contributed by atoms with Crippen LogP contribution in [0.15, 0.2) is 59.6 Å². The highest BCUT2D eigenvalue weighted by Gasteiger charge is 2.32. The van der Waals surface area contributed by atoms with Gasteiger partial charge in [0.15, 0.2) is 0 Å². The number of hydrogen-bond acceptors (Lipinski definition) is 2. The molecule has 0 fully saturated rings. The van der Waals surface area contributed by atoms with Gasteiger partial charge in [-0.2, -0.15) is 5.26 Å². The number of nitrogens with zero attached hydrogens (tertiary/aromatic N) is 3. The van der Waals surface area contributed by atoms with Crippen molar-refractivity contribution in [3.63, 3.8) is 0 Å². The molecule has 1 aromatic heterocycles. The van der Waals surface area contributed by atoms with Gasteiger partial charge >= 0.3 is 0 Å². The Morgan fingerprint density at radius 2 is 2.19 bits per heavy atom. The minimum absolute atomic E-state index is 0.145. The molecule has 0 spiro atoms. The van der Waals surface area contributed by atoms with Gasteiger partial charge in [0.1, 0.15) is 6.17 Å². The van der Waals surface area contributed by atoms with Crippen molar-refractivity contribution >= 4 is 0 Å². The lowest BCUT2D eigenvalue weighted by Crippen LogP contribution is -2.22. The van der Waals surface area contributed by atoms with E-state index in [0.29, 0.717) is 18.8 Å². The quantitative estimate of drug-likeness (QED) is 0.724. The number of fused-ring (bicyclic) bond motifs is 1. The van der Waals surface area contributed by atoms with Gasteiger partial charge < -0.3 is 4.57 Å². The molecule has 2 aliphatic carbocycles. The van der Waals surface area contributed by atoms with Gasteiger partial charge in [0.25, 0.3) is 0 Å². The van der Waals surface area contributed by atoms with E-state index in [0.717, 1.165) is 17.6 Å². The number of alkyl halides is 1. The highest BCUT2D eigenvalue weighted by Crippen LogP contribution is 2.43. The highest BCUT2D eigenvalue weighted by atomic mass is 19.1. The maximum absolute atomic E-state index is 13.5. The van der Waals surface area contributed by atoms with E-state index in [1.807, 2.05) is 30.8 Å². The summed E-state index contributed by atoms with van der Waals surface area (Å²) < 4.78 is 15.9. The fourth-order valence-electron chi connectivity index (χ4n) is 4.51. The number of halogens is 1. The zero-order chi connectivity index (χ0) is 18.1. The summed E-state index contributed by atoms with van der Waals surface area (Å²) in [7, 11) is 0. The van der Waals surface area contributed by atoms with Crippen LogP contribution in [0.4, 0.5) is 4.39 Å². The first-order chi connectivity index (χ1) is 12.7. The number of aromatic nitrogens is 2. The van der Waals surface area contributed by atoms with Gasteiger partial charge in [0.2, 0.25) is 0 Å². The van der Waals surface area contributed by atoms with Crippen LogP contribution in [-0.2, 0) is 0 Å². The maximum atomic E-state index is 13.5. The van der Waals surface area contributed by atoms with Crippen molar-refractivity contribution in [2.45, 2.75) is 57.2 Å². The molecule has 0 saturated carbocycles. The molecule has 4 atom stereocenters. The summed E-state index contributed by atoms with van der Waals surface area (Å²) in [6.45, 7) is 2.27. The van der Waals surface area contributed by atoms with Crippen LogP contribution in [0.5, 0.6) is 0 Å². The van der Waals surface area contributed by atoms with Crippen LogP contribution < -0.4 is 0 Å². The minimum atomic E-state index is -0.889. The first-order valence-electron chi connectivity index (χ1n) is 9.52. The Labute approximate surface area is 154 Å². The van der Waals surface area contributed by atoms with Gasteiger partial charge in [-0.15, -0.1) is 0 Å². The molecule has 0 radical (unpaired) electrons. The van der Waals surface area contributed by atoms with Gasteiger partial charge in [-0.25, -0.2) is 9.37 Å². The van der Waals surface area contributed by atoms with E-state index in [1.54, 1.807) is 6.08 Å². The molecule has 0 N–H and O–H groups in total. The lowest BCUT2D eigenvalue weighted by atomic mass is 9.76. The van der Waals surface area contributed by atoms with Crippen LogP contribution in [0, 0.1) is 17.2 Å². The van der Waals surface area contributed by atoms with Crippen molar-refractivity contribution in [1.29, 1.82) is 5.26 Å². The molecule has 1 aromatic rings. The van der Waals surface area contributed by atoms with Crippen molar-refractivity contribution in [2.24, 2.45) is 5.92 Å². The van der Waals surface area contributed by atoms with Crippen LogP contribution in [0.1, 0.15) is 56.7 Å². The molecule has 4 heteroatoms. The van der Waals surface area contributed by atoms with Crippen molar-refractivity contribution in [3.8, 4) is 6.07 Å². The molecule has 2 heterocycles. The monoisotopic (exact) mass is 349 g/mol. The number of allylic oxidation sites excluding steroid dienone is 8. The smallest absolute Gasteiger partial charge is 0.122 e. The molecular formula is C22H24FN3. The maximum Gasteiger partial charge on any atom is 0.122 e. The third kappa shape index (κ3) is 3.07. The molecule has 3 aliphatic rings. The van der Waals surface area contributed by atoms with Crippen molar-refractivity contribution in [3.05, 3.63) is 65.3 Å². The first kappa shape index (κ1) is 17.0. The molecule has 1 aliphatic heterocycles.